The Balaban J connectivity index is 1.32. The standard InChI is InChI=1S/C24H23FN4O2/c25-20-7-6-19(17-3-1-2-4-18(17)20)24(30)26-16-5-8-21-22(15-16)28-23(27-21)9-10-29-11-13-31-14-12-29/h1-8,15H,9-14H2,(H,26,30)(H,27,28). The van der Waals surface area contributed by atoms with Gasteiger partial charge in [-0.05, 0) is 35.7 Å². The first-order chi connectivity index (χ1) is 15.2. The van der Waals surface area contributed by atoms with Crippen LogP contribution in [0.5, 0.6) is 0 Å². The Morgan fingerprint density at radius 3 is 2.74 bits per heavy atom. The maximum atomic E-state index is 14.1. The van der Waals surface area contributed by atoms with Gasteiger partial charge in [-0.25, -0.2) is 9.37 Å². The third-order valence-electron chi connectivity index (χ3n) is 5.67. The van der Waals surface area contributed by atoms with Gasteiger partial charge in [0, 0.05) is 42.7 Å². The van der Waals surface area contributed by atoms with Crippen LogP contribution in [0.2, 0.25) is 0 Å². The summed E-state index contributed by atoms with van der Waals surface area (Å²) in [6, 6.07) is 15.4. The number of carbonyl (C=O) groups is 1. The van der Waals surface area contributed by atoms with Crippen LogP contribution in [-0.4, -0.2) is 53.6 Å². The number of aromatic amines is 1. The Hall–Kier alpha value is -3.29. The van der Waals surface area contributed by atoms with E-state index in [1.807, 2.05) is 18.2 Å². The molecule has 0 radical (unpaired) electrons. The number of amides is 1. The van der Waals surface area contributed by atoms with Crippen molar-refractivity contribution in [2.24, 2.45) is 0 Å². The van der Waals surface area contributed by atoms with Crippen LogP contribution in [0.3, 0.4) is 0 Å². The van der Waals surface area contributed by atoms with Gasteiger partial charge < -0.3 is 15.0 Å². The number of nitrogens with one attached hydrogen (secondary N) is 2. The third-order valence-corrected chi connectivity index (χ3v) is 5.67. The van der Waals surface area contributed by atoms with Crippen LogP contribution in [-0.2, 0) is 11.2 Å². The fourth-order valence-corrected chi connectivity index (χ4v) is 4.01. The second-order valence-electron chi connectivity index (χ2n) is 7.71. The number of anilines is 1. The number of rotatable bonds is 5. The lowest BCUT2D eigenvalue weighted by Gasteiger charge is -2.25. The van der Waals surface area contributed by atoms with E-state index >= 15 is 0 Å². The average Bonchev–Trinajstić information content (AvgIpc) is 3.21. The second kappa shape index (κ2) is 8.45. The molecule has 1 saturated heterocycles. The van der Waals surface area contributed by atoms with Crippen LogP contribution in [0.15, 0.2) is 54.6 Å². The molecular weight excluding hydrogens is 395 g/mol. The van der Waals surface area contributed by atoms with Gasteiger partial charge in [0.25, 0.3) is 5.91 Å². The predicted octanol–water partition coefficient (Wildman–Crippen LogP) is 3.98. The Kier molecular flexibility index (Phi) is 5.36. The molecule has 158 valence electrons. The van der Waals surface area contributed by atoms with E-state index in [4.69, 9.17) is 4.74 Å². The summed E-state index contributed by atoms with van der Waals surface area (Å²) < 4.78 is 19.5. The van der Waals surface area contributed by atoms with Crippen LogP contribution in [0.1, 0.15) is 16.2 Å². The van der Waals surface area contributed by atoms with E-state index in [-0.39, 0.29) is 11.7 Å². The van der Waals surface area contributed by atoms with Crippen molar-refractivity contribution in [3.8, 4) is 0 Å². The fourth-order valence-electron chi connectivity index (χ4n) is 4.01. The number of carbonyl (C=O) groups excluding carboxylic acids is 1. The second-order valence-corrected chi connectivity index (χ2v) is 7.71. The van der Waals surface area contributed by atoms with Gasteiger partial charge >= 0.3 is 0 Å². The van der Waals surface area contributed by atoms with E-state index in [0.29, 0.717) is 22.0 Å². The summed E-state index contributed by atoms with van der Waals surface area (Å²) in [6.07, 6.45) is 0.831. The summed E-state index contributed by atoms with van der Waals surface area (Å²) in [5.41, 5.74) is 2.84. The molecule has 5 rings (SSSR count). The minimum atomic E-state index is -0.337. The highest BCUT2D eigenvalue weighted by Crippen LogP contribution is 2.24. The molecule has 0 aliphatic carbocycles. The molecule has 0 saturated carbocycles. The molecule has 1 aliphatic heterocycles. The van der Waals surface area contributed by atoms with Crippen molar-refractivity contribution in [3.63, 3.8) is 0 Å². The highest BCUT2D eigenvalue weighted by Gasteiger charge is 2.14. The molecule has 0 atom stereocenters. The number of hydrogen-bond donors (Lipinski definition) is 2. The van der Waals surface area contributed by atoms with Crippen molar-refractivity contribution < 1.29 is 13.9 Å². The van der Waals surface area contributed by atoms with Crippen LogP contribution >= 0.6 is 0 Å². The lowest BCUT2D eigenvalue weighted by molar-refractivity contribution is 0.0382. The molecular formula is C24H23FN4O2. The number of benzene rings is 3. The molecule has 4 aromatic rings. The van der Waals surface area contributed by atoms with Crippen LogP contribution in [0, 0.1) is 5.82 Å². The molecule has 31 heavy (non-hydrogen) atoms. The molecule has 0 spiro atoms. The number of H-pyrrole nitrogens is 1. The quantitative estimate of drug-likeness (QED) is 0.514. The number of ether oxygens (including phenoxy) is 1. The van der Waals surface area contributed by atoms with Gasteiger partial charge in [0.15, 0.2) is 0 Å². The summed E-state index contributed by atoms with van der Waals surface area (Å²) in [6.45, 7) is 4.41. The fraction of sp³-hybridized carbons (Fsp3) is 0.250. The van der Waals surface area contributed by atoms with Gasteiger partial charge in [-0.3, -0.25) is 9.69 Å². The number of nitrogens with zero attached hydrogens (tertiary/aromatic N) is 2. The molecule has 2 N–H and O–H groups in total. The Labute approximate surface area is 179 Å². The summed E-state index contributed by atoms with van der Waals surface area (Å²) in [5, 5.41) is 3.95. The predicted molar refractivity (Wildman–Crippen MR) is 119 cm³/mol. The highest BCUT2D eigenvalue weighted by molar-refractivity contribution is 6.13. The zero-order valence-corrected chi connectivity index (χ0v) is 17.0. The first-order valence-corrected chi connectivity index (χ1v) is 10.4. The van der Waals surface area contributed by atoms with E-state index in [9.17, 15) is 9.18 Å². The van der Waals surface area contributed by atoms with E-state index < -0.39 is 0 Å². The molecule has 0 bridgehead atoms. The van der Waals surface area contributed by atoms with Crippen molar-refractivity contribution in [2.75, 3.05) is 38.2 Å². The smallest absolute Gasteiger partial charge is 0.256 e. The van der Waals surface area contributed by atoms with E-state index in [2.05, 4.69) is 20.2 Å². The van der Waals surface area contributed by atoms with Crippen molar-refractivity contribution in [1.82, 2.24) is 14.9 Å². The number of halogens is 1. The Morgan fingerprint density at radius 1 is 1.10 bits per heavy atom. The maximum absolute atomic E-state index is 14.1. The lowest BCUT2D eigenvalue weighted by Crippen LogP contribution is -2.37. The normalized spacial score (nSPS) is 14.9. The van der Waals surface area contributed by atoms with Gasteiger partial charge in [-0.1, -0.05) is 24.3 Å². The largest absolute Gasteiger partial charge is 0.379 e. The van der Waals surface area contributed by atoms with Crippen molar-refractivity contribution in [1.29, 1.82) is 0 Å². The number of hydrogen-bond acceptors (Lipinski definition) is 4. The third kappa shape index (κ3) is 4.15. The van der Waals surface area contributed by atoms with Crippen LogP contribution < -0.4 is 5.32 Å². The number of fused-ring (bicyclic) bond motifs is 2. The first-order valence-electron chi connectivity index (χ1n) is 10.4. The van der Waals surface area contributed by atoms with Crippen molar-refractivity contribution in [3.05, 3.63) is 71.8 Å². The molecule has 7 heteroatoms. The lowest BCUT2D eigenvalue weighted by atomic mass is 10.0. The summed E-state index contributed by atoms with van der Waals surface area (Å²) >= 11 is 0. The van der Waals surface area contributed by atoms with Crippen molar-refractivity contribution in [2.45, 2.75) is 6.42 Å². The molecule has 1 fully saturated rings. The Morgan fingerprint density at radius 2 is 1.90 bits per heavy atom. The molecule has 0 unspecified atom stereocenters. The Bertz CT molecular complexity index is 1250. The zero-order valence-electron chi connectivity index (χ0n) is 17.0. The average molecular weight is 418 g/mol. The zero-order chi connectivity index (χ0) is 21.2. The van der Waals surface area contributed by atoms with E-state index in [1.54, 1.807) is 24.3 Å². The first kappa shape index (κ1) is 19.7. The topological polar surface area (TPSA) is 70.2 Å². The molecule has 2 heterocycles. The van der Waals surface area contributed by atoms with E-state index in [1.165, 1.54) is 12.1 Å². The monoisotopic (exact) mass is 418 g/mol. The molecule has 6 nitrogen and oxygen atoms in total. The summed E-state index contributed by atoms with van der Waals surface area (Å²) in [5.74, 6) is 0.313. The number of morpholine rings is 1. The summed E-state index contributed by atoms with van der Waals surface area (Å²) in [4.78, 5) is 23.3. The van der Waals surface area contributed by atoms with Gasteiger partial charge in [0.1, 0.15) is 11.6 Å². The molecule has 1 amide bonds. The molecule has 1 aliphatic rings. The van der Waals surface area contributed by atoms with Crippen LogP contribution in [0.4, 0.5) is 10.1 Å². The minimum Gasteiger partial charge on any atom is -0.379 e. The number of imidazole rings is 1. The molecule has 1 aromatic heterocycles. The number of aromatic nitrogens is 2. The van der Waals surface area contributed by atoms with E-state index in [0.717, 1.165) is 56.1 Å². The van der Waals surface area contributed by atoms with Crippen LogP contribution in [0.25, 0.3) is 21.8 Å². The molecule has 3 aromatic carbocycles. The van der Waals surface area contributed by atoms with Crippen molar-refractivity contribution >= 4 is 33.4 Å². The highest BCUT2D eigenvalue weighted by atomic mass is 19.1. The van der Waals surface area contributed by atoms with Gasteiger partial charge in [-0.2, -0.15) is 0 Å². The minimum absolute atomic E-state index is 0.275. The summed E-state index contributed by atoms with van der Waals surface area (Å²) in [7, 11) is 0. The SMILES string of the molecule is O=C(Nc1ccc2nc(CCN3CCOCC3)[nH]c2c1)c1ccc(F)c2ccccc12. The maximum Gasteiger partial charge on any atom is 0.256 e. The van der Waals surface area contributed by atoms with Gasteiger partial charge in [0.05, 0.1) is 24.2 Å². The van der Waals surface area contributed by atoms with Gasteiger partial charge in [-0.15, -0.1) is 0 Å². The van der Waals surface area contributed by atoms with Gasteiger partial charge in [0.2, 0.25) is 0 Å².